The zero-order chi connectivity index (χ0) is 25.0. The zero-order valence-corrected chi connectivity index (χ0v) is 21.5. The molecule has 4 aromatic rings. The molecular weight excluding hydrogens is 456 g/mol. The highest BCUT2D eigenvalue weighted by Gasteiger charge is 2.19. The highest BCUT2D eigenvalue weighted by atomic mass is 32.2. The monoisotopic (exact) mass is 486 g/mol. The smallest absolute Gasteiger partial charge is 0.234 e. The molecule has 0 radical (unpaired) electrons. The van der Waals surface area contributed by atoms with Crippen molar-refractivity contribution in [2.45, 2.75) is 38.3 Å². The van der Waals surface area contributed by atoms with E-state index in [-0.39, 0.29) is 17.1 Å². The topological polar surface area (TPSA) is 69.0 Å². The van der Waals surface area contributed by atoms with E-state index in [0.717, 1.165) is 17.1 Å². The molecule has 35 heavy (non-hydrogen) atoms. The van der Waals surface area contributed by atoms with Gasteiger partial charge in [0.2, 0.25) is 5.91 Å². The molecule has 0 aliphatic carbocycles. The van der Waals surface area contributed by atoms with E-state index in [2.05, 4.69) is 79.6 Å². The van der Waals surface area contributed by atoms with Crippen LogP contribution >= 0.6 is 11.8 Å². The lowest BCUT2D eigenvalue weighted by molar-refractivity contribution is -0.113. The zero-order valence-electron chi connectivity index (χ0n) is 20.7. The Morgan fingerprint density at radius 2 is 1.71 bits per heavy atom. The molecule has 1 heterocycles. The average molecular weight is 487 g/mol. The van der Waals surface area contributed by atoms with Crippen molar-refractivity contribution >= 4 is 23.4 Å². The Morgan fingerprint density at radius 3 is 2.37 bits per heavy atom. The van der Waals surface area contributed by atoms with Crippen LogP contribution in [0.2, 0.25) is 0 Å². The van der Waals surface area contributed by atoms with Gasteiger partial charge in [0, 0.05) is 23.0 Å². The summed E-state index contributed by atoms with van der Waals surface area (Å²) < 4.78 is 7.24. The quantitative estimate of drug-likeness (QED) is 0.311. The van der Waals surface area contributed by atoms with Gasteiger partial charge in [0.15, 0.2) is 11.0 Å². The molecular formula is C28H30N4O2S. The van der Waals surface area contributed by atoms with E-state index < -0.39 is 0 Å². The number of benzene rings is 3. The molecule has 0 bridgehead atoms. The number of ether oxygens (including phenoxy) is 1. The molecule has 0 spiro atoms. The molecule has 0 atom stereocenters. The van der Waals surface area contributed by atoms with Crippen molar-refractivity contribution in [1.29, 1.82) is 0 Å². The van der Waals surface area contributed by atoms with Gasteiger partial charge in [0.05, 0.1) is 12.9 Å². The second-order valence-electron chi connectivity index (χ2n) is 9.37. The minimum Gasteiger partial charge on any atom is -0.497 e. The Morgan fingerprint density at radius 1 is 1.00 bits per heavy atom. The molecule has 0 aliphatic heterocycles. The number of methoxy groups -OCH3 is 1. The first kappa shape index (κ1) is 24.5. The molecule has 0 unspecified atom stereocenters. The molecule has 180 valence electrons. The summed E-state index contributed by atoms with van der Waals surface area (Å²) in [6.45, 7) is 8.65. The van der Waals surface area contributed by atoms with Gasteiger partial charge in [0.1, 0.15) is 5.75 Å². The van der Waals surface area contributed by atoms with Crippen molar-refractivity contribution in [3.63, 3.8) is 0 Å². The second-order valence-corrected chi connectivity index (χ2v) is 10.3. The van der Waals surface area contributed by atoms with Crippen molar-refractivity contribution in [3.8, 4) is 22.8 Å². The van der Waals surface area contributed by atoms with Crippen LogP contribution in [0.5, 0.6) is 5.75 Å². The average Bonchev–Trinajstić information content (AvgIpc) is 3.27. The summed E-state index contributed by atoms with van der Waals surface area (Å²) in [6.07, 6.45) is 0. The Labute approximate surface area is 210 Å². The number of hydrogen-bond donors (Lipinski definition) is 1. The van der Waals surface area contributed by atoms with Gasteiger partial charge in [-0.05, 0) is 42.2 Å². The van der Waals surface area contributed by atoms with E-state index in [1.807, 2.05) is 34.9 Å². The maximum Gasteiger partial charge on any atom is 0.234 e. The SMILES string of the molecule is COc1cccc(NC(=O)CSc2nnc(-c3ccc(C(C)(C)C)cc3)n2-c2ccc(C)cc2)c1. The fourth-order valence-electron chi connectivity index (χ4n) is 3.62. The van der Waals surface area contributed by atoms with Gasteiger partial charge in [-0.2, -0.15) is 0 Å². The lowest BCUT2D eigenvalue weighted by Crippen LogP contribution is -2.14. The minimum atomic E-state index is -0.127. The molecule has 6 nitrogen and oxygen atoms in total. The summed E-state index contributed by atoms with van der Waals surface area (Å²) >= 11 is 1.35. The normalized spacial score (nSPS) is 11.3. The number of aryl methyl sites for hydroxylation is 1. The number of amides is 1. The summed E-state index contributed by atoms with van der Waals surface area (Å²) in [4.78, 5) is 12.7. The van der Waals surface area contributed by atoms with Crippen molar-refractivity contribution in [2.24, 2.45) is 0 Å². The predicted molar refractivity (Wildman–Crippen MR) is 143 cm³/mol. The number of carbonyl (C=O) groups excluding carboxylic acids is 1. The van der Waals surface area contributed by atoms with Crippen LogP contribution < -0.4 is 10.1 Å². The van der Waals surface area contributed by atoms with Crippen LogP contribution in [-0.2, 0) is 10.2 Å². The standard InChI is InChI=1S/C28H30N4O2S/c1-19-9-15-23(16-10-19)32-26(20-11-13-21(14-12-20)28(2,3)4)30-31-27(32)35-18-25(33)29-22-7-6-8-24(17-22)34-5/h6-17H,18H2,1-5H3,(H,29,33). The number of rotatable bonds is 7. The van der Waals surface area contributed by atoms with E-state index in [9.17, 15) is 4.79 Å². The molecule has 0 fully saturated rings. The Balaban J connectivity index is 1.60. The van der Waals surface area contributed by atoms with Gasteiger partial charge in [-0.3, -0.25) is 9.36 Å². The third kappa shape index (κ3) is 5.92. The highest BCUT2D eigenvalue weighted by Crippen LogP contribution is 2.30. The van der Waals surface area contributed by atoms with Crippen LogP contribution in [0.25, 0.3) is 17.1 Å². The van der Waals surface area contributed by atoms with Crippen LogP contribution in [-0.4, -0.2) is 33.5 Å². The molecule has 1 amide bonds. The van der Waals surface area contributed by atoms with Gasteiger partial charge in [-0.25, -0.2) is 0 Å². The Kier molecular flexibility index (Phi) is 7.26. The number of nitrogens with zero attached hydrogens (tertiary/aromatic N) is 3. The fraction of sp³-hybridized carbons (Fsp3) is 0.250. The molecule has 1 N–H and O–H groups in total. The van der Waals surface area contributed by atoms with Gasteiger partial charge >= 0.3 is 0 Å². The largest absolute Gasteiger partial charge is 0.497 e. The van der Waals surface area contributed by atoms with Gasteiger partial charge in [0.25, 0.3) is 0 Å². The number of anilines is 1. The third-order valence-electron chi connectivity index (χ3n) is 5.62. The first-order chi connectivity index (χ1) is 16.7. The highest BCUT2D eigenvalue weighted by molar-refractivity contribution is 7.99. The van der Waals surface area contributed by atoms with Crippen LogP contribution in [0, 0.1) is 6.92 Å². The van der Waals surface area contributed by atoms with Crippen LogP contribution in [0.3, 0.4) is 0 Å². The molecule has 0 aliphatic rings. The van der Waals surface area contributed by atoms with Gasteiger partial charge in [-0.1, -0.05) is 80.6 Å². The van der Waals surface area contributed by atoms with E-state index in [1.165, 1.54) is 22.9 Å². The molecule has 0 saturated heterocycles. The number of aromatic nitrogens is 3. The maximum absolute atomic E-state index is 12.7. The molecule has 0 saturated carbocycles. The number of hydrogen-bond acceptors (Lipinski definition) is 5. The molecule has 7 heteroatoms. The summed E-state index contributed by atoms with van der Waals surface area (Å²) in [5.41, 5.74) is 5.11. The van der Waals surface area contributed by atoms with Crippen LogP contribution in [0.15, 0.2) is 78.0 Å². The van der Waals surface area contributed by atoms with Crippen molar-refractivity contribution in [2.75, 3.05) is 18.2 Å². The minimum absolute atomic E-state index is 0.0697. The number of thioether (sulfide) groups is 1. The third-order valence-corrected chi connectivity index (χ3v) is 6.55. The predicted octanol–water partition coefficient (Wildman–Crippen LogP) is 6.28. The van der Waals surface area contributed by atoms with E-state index in [1.54, 1.807) is 13.2 Å². The van der Waals surface area contributed by atoms with E-state index in [4.69, 9.17) is 4.74 Å². The summed E-state index contributed by atoms with van der Waals surface area (Å²) in [5, 5.41) is 12.5. The number of nitrogens with one attached hydrogen (secondary N) is 1. The second kappa shape index (κ2) is 10.4. The molecule has 4 rings (SSSR count). The van der Waals surface area contributed by atoms with Crippen LogP contribution in [0.1, 0.15) is 31.9 Å². The van der Waals surface area contributed by atoms with Gasteiger partial charge in [-0.15, -0.1) is 10.2 Å². The van der Waals surface area contributed by atoms with Crippen LogP contribution in [0.4, 0.5) is 5.69 Å². The molecule has 3 aromatic carbocycles. The maximum atomic E-state index is 12.7. The Hall–Kier alpha value is -3.58. The van der Waals surface area contributed by atoms with E-state index in [0.29, 0.717) is 16.6 Å². The van der Waals surface area contributed by atoms with Gasteiger partial charge < -0.3 is 10.1 Å². The summed E-state index contributed by atoms with van der Waals surface area (Å²) in [5.74, 6) is 1.50. The van der Waals surface area contributed by atoms with E-state index >= 15 is 0 Å². The Bertz CT molecular complexity index is 1310. The first-order valence-corrected chi connectivity index (χ1v) is 12.4. The first-order valence-electron chi connectivity index (χ1n) is 11.4. The number of carbonyl (C=O) groups is 1. The van der Waals surface area contributed by atoms with Crippen molar-refractivity contribution in [3.05, 3.63) is 83.9 Å². The lowest BCUT2D eigenvalue weighted by Gasteiger charge is -2.19. The fourth-order valence-corrected chi connectivity index (χ4v) is 4.38. The lowest BCUT2D eigenvalue weighted by atomic mass is 9.87. The summed E-state index contributed by atoms with van der Waals surface area (Å²) in [7, 11) is 1.60. The summed E-state index contributed by atoms with van der Waals surface area (Å²) in [6, 6.07) is 24.0. The molecule has 1 aromatic heterocycles. The van der Waals surface area contributed by atoms with Crippen molar-refractivity contribution in [1.82, 2.24) is 14.8 Å². The van der Waals surface area contributed by atoms with Crippen molar-refractivity contribution < 1.29 is 9.53 Å².